The highest BCUT2D eigenvalue weighted by molar-refractivity contribution is 5.77. The second-order valence-electron chi connectivity index (χ2n) is 5.74. The van der Waals surface area contributed by atoms with Crippen molar-refractivity contribution in [1.82, 2.24) is 4.90 Å². The van der Waals surface area contributed by atoms with Crippen LogP contribution in [0, 0.1) is 5.92 Å². The smallest absolute Gasteiger partial charge is 0.223 e. The Hall–Kier alpha value is -0.870. The zero-order valence-electron chi connectivity index (χ0n) is 11.5. The number of rotatable bonds is 7. The minimum Gasteiger partial charge on any atom is -0.395 e. The fraction of sp³-hybridized carbons (Fsp3) is 0.800. The predicted molar refractivity (Wildman–Crippen MR) is 73.5 cm³/mol. The molecule has 0 unspecified atom stereocenters. The first-order chi connectivity index (χ1) is 9.20. The maximum atomic E-state index is 11.8. The number of aliphatic hydroxyl groups is 2. The topological polar surface area (TPSA) is 60.8 Å². The average Bonchev–Trinajstić information content (AvgIpc) is 3.21. The molecule has 19 heavy (non-hydrogen) atoms. The van der Waals surface area contributed by atoms with Crippen molar-refractivity contribution in [2.24, 2.45) is 5.92 Å². The summed E-state index contributed by atoms with van der Waals surface area (Å²) in [5, 5.41) is 18.9. The Labute approximate surface area is 115 Å². The van der Waals surface area contributed by atoms with Crippen molar-refractivity contribution >= 4 is 5.91 Å². The highest BCUT2D eigenvalue weighted by Gasteiger charge is 2.26. The standard InChI is InChI=1S/C15H25NO3/c17-11-10-16-13(2-1-3-15(16)19)7-9-14(18)8-6-12-4-5-12/h7,9,12-14,17-18H,1-6,8,10-11H2/b9-7+/t13-,14+/m1/s1. The number of carbonyl (C=O) groups excluding carboxylic acids is 1. The molecule has 0 aromatic rings. The highest BCUT2D eigenvalue weighted by Crippen LogP contribution is 2.34. The Morgan fingerprint density at radius 3 is 2.84 bits per heavy atom. The minimum absolute atomic E-state index is 0.000311. The van der Waals surface area contributed by atoms with Crippen molar-refractivity contribution in [2.45, 2.75) is 57.1 Å². The number of nitrogens with zero attached hydrogens (tertiary/aromatic N) is 1. The van der Waals surface area contributed by atoms with Crippen LogP contribution in [0.25, 0.3) is 0 Å². The molecular formula is C15H25NO3. The van der Waals surface area contributed by atoms with E-state index in [-0.39, 0.29) is 18.6 Å². The van der Waals surface area contributed by atoms with E-state index in [9.17, 15) is 9.90 Å². The zero-order chi connectivity index (χ0) is 13.7. The Morgan fingerprint density at radius 2 is 2.16 bits per heavy atom. The van der Waals surface area contributed by atoms with Gasteiger partial charge in [0.05, 0.1) is 18.8 Å². The lowest BCUT2D eigenvalue weighted by Gasteiger charge is -2.33. The molecule has 2 aliphatic rings. The van der Waals surface area contributed by atoms with E-state index in [1.54, 1.807) is 4.90 Å². The van der Waals surface area contributed by atoms with Gasteiger partial charge in [-0.3, -0.25) is 4.79 Å². The monoisotopic (exact) mass is 267 g/mol. The molecule has 1 heterocycles. The molecule has 1 amide bonds. The third-order valence-corrected chi connectivity index (χ3v) is 4.08. The van der Waals surface area contributed by atoms with Crippen LogP contribution < -0.4 is 0 Å². The number of carbonyl (C=O) groups is 1. The first-order valence-corrected chi connectivity index (χ1v) is 7.47. The molecule has 108 valence electrons. The van der Waals surface area contributed by atoms with E-state index >= 15 is 0 Å². The fourth-order valence-electron chi connectivity index (χ4n) is 2.71. The van der Waals surface area contributed by atoms with Gasteiger partial charge >= 0.3 is 0 Å². The summed E-state index contributed by atoms with van der Waals surface area (Å²) in [6.45, 7) is 0.395. The zero-order valence-corrected chi connectivity index (χ0v) is 11.5. The van der Waals surface area contributed by atoms with Gasteiger partial charge in [0, 0.05) is 13.0 Å². The molecule has 2 N–H and O–H groups in total. The molecule has 1 saturated heterocycles. The van der Waals surface area contributed by atoms with Crippen molar-refractivity contribution in [3.63, 3.8) is 0 Å². The Bertz CT molecular complexity index is 325. The molecule has 0 radical (unpaired) electrons. The summed E-state index contributed by atoms with van der Waals surface area (Å²) in [5.74, 6) is 0.951. The van der Waals surface area contributed by atoms with Gasteiger partial charge in [-0.05, 0) is 31.6 Å². The number of likely N-dealkylation sites (tertiary alicyclic amines) is 1. The van der Waals surface area contributed by atoms with Gasteiger partial charge in [-0.1, -0.05) is 25.0 Å². The maximum absolute atomic E-state index is 11.8. The van der Waals surface area contributed by atoms with Gasteiger partial charge in [0.2, 0.25) is 5.91 Å². The predicted octanol–water partition coefficient (Wildman–Crippen LogP) is 1.47. The highest BCUT2D eigenvalue weighted by atomic mass is 16.3. The summed E-state index contributed by atoms with van der Waals surface area (Å²) in [6, 6.07) is 0.0453. The quantitative estimate of drug-likeness (QED) is 0.687. The Balaban J connectivity index is 1.81. The van der Waals surface area contributed by atoms with Gasteiger partial charge in [0.25, 0.3) is 0 Å². The van der Waals surface area contributed by atoms with Crippen LogP contribution in [0.15, 0.2) is 12.2 Å². The van der Waals surface area contributed by atoms with E-state index in [1.807, 2.05) is 12.2 Å². The third-order valence-electron chi connectivity index (χ3n) is 4.08. The van der Waals surface area contributed by atoms with Crippen LogP contribution in [0.4, 0.5) is 0 Å². The Morgan fingerprint density at radius 1 is 1.37 bits per heavy atom. The van der Waals surface area contributed by atoms with Gasteiger partial charge in [-0.2, -0.15) is 0 Å². The molecule has 0 bridgehead atoms. The summed E-state index contributed by atoms with van der Waals surface area (Å²) in [6.07, 6.45) is 10.3. The molecule has 2 fully saturated rings. The van der Waals surface area contributed by atoms with Gasteiger partial charge in [-0.15, -0.1) is 0 Å². The summed E-state index contributed by atoms with van der Waals surface area (Å²) in [5.41, 5.74) is 0. The van der Waals surface area contributed by atoms with Crippen molar-refractivity contribution in [2.75, 3.05) is 13.2 Å². The van der Waals surface area contributed by atoms with Crippen LogP contribution in [0.5, 0.6) is 0 Å². The summed E-state index contributed by atoms with van der Waals surface area (Å²) in [7, 11) is 0. The molecule has 2 rings (SSSR count). The van der Waals surface area contributed by atoms with Gasteiger partial charge in [-0.25, -0.2) is 0 Å². The first kappa shape index (κ1) is 14.5. The number of hydrogen-bond acceptors (Lipinski definition) is 3. The molecular weight excluding hydrogens is 242 g/mol. The SMILES string of the molecule is O=C1CCC[C@H](/C=C/[C@@H](O)CCC2CC2)N1CCO. The summed E-state index contributed by atoms with van der Waals surface area (Å²) >= 11 is 0. The van der Waals surface area contributed by atoms with Gasteiger partial charge in [0.1, 0.15) is 0 Å². The molecule has 4 nitrogen and oxygen atoms in total. The lowest BCUT2D eigenvalue weighted by molar-refractivity contribution is -0.135. The van der Waals surface area contributed by atoms with Crippen LogP contribution in [0.1, 0.15) is 44.9 Å². The summed E-state index contributed by atoms with van der Waals surface area (Å²) < 4.78 is 0. The number of amides is 1. The van der Waals surface area contributed by atoms with Gasteiger partial charge < -0.3 is 15.1 Å². The van der Waals surface area contributed by atoms with Crippen molar-refractivity contribution in [1.29, 1.82) is 0 Å². The van der Waals surface area contributed by atoms with E-state index in [4.69, 9.17) is 5.11 Å². The van der Waals surface area contributed by atoms with Crippen molar-refractivity contribution in [3.05, 3.63) is 12.2 Å². The largest absolute Gasteiger partial charge is 0.395 e. The van der Waals surface area contributed by atoms with Gasteiger partial charge in [0.15, 0.2) is 0 Å². The normalized spacial score (nSPS) is 26.1. The second-order valence-corrected chi connectivity index (χ2v) is 5.74. The molecule has 1 aliphatic carbocycles. The lowest BCUT2D eigenvalue weighted by atomic mass is 10.00. The van der Waals surface area contributed by atoms with Crippen LogP contribution in [-0.2, 0) is 4.79 Å². The van der Waals surface area contributed by atoms with Crippen LogP contribution in [0.3, 0.4) is 0 Å². The number of β-amino-alcohol motifs (C(OH)–C–C–N with tert-alkyl or cyclic N) is 1. The number of aliphatic hydroxyl groups excluding tert-OH is 2. The molecule has 4 heteroatoms. The second kappa shape index (κ2) is 7.06. The Kier molecular flexibility index (Phi) is 5.40. The van der Waals surface area contributed by atoms with E-state index in [1.165, 1.54) is 12.8 Å². The van der Waals surface area contributed by atoms with Crippen molar-refractivity contribution < 1.29 is 15.0 Å². The number of hydrogen-bond donors (Lipinski definition) is 2. The lowest BCUT2D eigenvalue weighted by Crippen LogP contribution is -2.44. The van der Waals surface area contributed by atoms with E-state index in [0.717, 1.165) is 31.6 Å². The average molecular weight is 267 g/mol. The molecule has 2 atom stereocenters. The maximum Gasteiger partial charge on any atom is 0.223 e. The van der Waals surface area contributed by atoms with Crippen LogP contribution in [-0.4, -0.2) is 46.3 Å². The van der Waals surface area contributed by atoms with E-state index < -0.39 is 6.10 Å². The number of piperidine rings is 1. The molecule has 0 aromatic heterocycles. The van der Waals surface area contributed by atoms with Crippen molar-refractivity contribution in [3.8, 4) is 0 Å². The fourth-order valence-corrected chi connectivity index (χ4v) is 2.71. The van der Waals surface area contributed by atoms with Crippen LogP contribution in [0.2, 0.25) is 0 Å². The minimum atomic E-state index is -0.395. The third kappa shape index (κ3) is 4.62. The summed E-state index contributed by atoms with van der Waals surface area (Å²) in [4.78, 5) is 13.5. The molecule has 0 spiro atoms. The first-order valence-electron chi connectivity index (χ1n) is 7.47. The molecule has 0 aromatic carbocycles. The van der Waals surface area contributed by atoms with Crippen LogP contribution >= 0.6 is 0 Å². The van der Waals surface area contributed by atoms with E-state index in [2.05, 4.69) is 0 Å². The van der Waals surface area contributed by atoms with E-state index in [0.29, 0.717) is 13.0 Å². The molecule has 1 aliphatic heterocycles. The molecule has 1 saturated carbocycles.